The van der Waals surface area contributed by atoms with Gasteiger partial charge in [0.25, 0.3) is 0 Å². The van der Waals surface area contributed by atoms with Crippen LogP contribution < -0.4 is 0 Å². The maximum absolute atomic E-state index is 9.66. The number of phenols is 1. The molecule has 0 aliphatic heterocycles. The molecule has 6 heteroatoms. The Morgan fingerprint density at radius 1 is 1.00 bits per heavy atom. The Morgan fingerprint density at radius 2 is 1.75 bits per heavy atom. The minimum Gasteiger partial charge on any atom is -0.508 e. The normalized spacial score (nSPS) is 11.2. The standard InChI is InChI=1S/C22H22N4O2/c1-15(2)22-24-19(28-25-22)12-13-26-14-23-20(16-6-4-3-5-7-16)21(26)17-8-10-18(27)11-9-17/h3-11,14-15,27H,12-13H2,1-2H3. The summed E-state index contributed by atoms with van der Waals surface area (Å²) in [6, 6.07) is 17.3. The molecule has 0 radical (unpaired) electrons. The molecule has 0 saturated carbocycles. The molecule has 0 atom stereocenters. The van der Waals surface area contributed by atoms with E-state index in [0.717, 1.165) is 28.3 Å². The van der Waals surface area contributed by atoms with Crippen molar-refractivity contribution in [3.8, 4) is 28.3 Å². The highest BCUT2D eigenvalue weighted by Gasteiger charge is 2.16. The van der Waals surface area contributed by atoms with E-state index in [-0.39, 0.29) is 11.7 Å². The summed E-state index contributed by atoms with van der Waals surface area (Å²) in [6.45, 7) is 4.74. The Kier molecular flexibility index (Phi) is 4.93. The monoisotopic (exact) mass is 374 g/mol. The van der Waals surface area contributed by atoms with Crippen LogP contribution in [-0.2, 0) is 13.0 Å². The van der Waals surface area contributed by atoms with Gasteiger partial charge in [0.05, 0.1) is 17.7 Å². The Morgan fingerprint density at radius 3 is 2.43 bits per heavy atom. The third-order valence-electron chi connectivity index (χ3n) is 4.59. The molecule has 0 spiro atoms. The van der Waals surface area contributed by atoms with Crippen LogP contribution in [0.15, 0.2) is 65.4 Å². The number of hydrogen-bond donors (Lipinski definition) is 1. The van der Waals surface area contributed by atoms with Crippen LogP contribution in [0.3, 0.4) is 0 Å². The van der Waals surface area contributed by atoms with E-state index in [0.29, 0.717) is 18.9 Å². The Bertz CT molecular complexity index is 1050. The summed E-state index contributed by atoms with van der Waals surface area (Å²) in [4.78, 5) is 9.12. The zero-order chi connectivity index (χ0) is 19.5. The minimum absolute atomic E-state index is 0.239. The van der Waals surface area contributed by atoms with Gasteiger partial charge in [-0.3, -0.25) is 0 Å². The molecule has 0 amide bonds. The molecule has 142 valence electrons. The van der Waals surface area contributed by atoms with Crippen molar-refractivity contribution < 1.29 is 9.63 Å². The highest BCUT2D eigenvalue weighted by atomic mass is 16.5. The summed E-state index contributed by atoms with van der Waals surface area (Å²) >= 11 is 0. The van der Waals surface area contributed by atoms with Gasteiger partial charge in [0, 0.05) is 30.0 Å². The third-order valence-corrected chi connectivity index (χ3v) is 4.59. The molecule has 4 aromatic rings. The van der Waals surface area contributed by atoms with Gasteiger partial charge in [-0.05, 0) is 24.3 Å². The van der Waals surface area contributed by atoms with Gasteiger partial charge in [-0.15, -0.1) is 0 Å². The topological polar surface area (TPSA) is 77.0 Å². The Hall–Kier alpha value is -3.41. The summed E-state index contributed by atoms with van der Waals surface area (Å²) in [5.74, 6) is 1.82. The summed E-state index contributed by atoms with van der Waals surface area (Å²) in [5.41, 5.74) is 3.93. The largest absolute Gasteiger partial charge is 0.508 e. The van der Waals surface area contributed by atoms with Gasteiger partial charge < -0.3 is 14.2 Å². The number of rotatable bonds is 6. The average Bonchev–Trinajstić information content (AvgIpc) is 3.35. The van der Waals surface area contributed by atoms with Crippen LogP contribution in [0.1, 0.15) is 31.5 Å². The highest BCUT2D eigenvalue weighted by Crippen LogP contribution is 2.32. The number of aromatic nitrogens is 4. The lowest BCUT2D eigenvalue weighted by molar-refractivity contribution is 0.365. The summed E-state index contributed by atoms with van der Waals surface area (Å²) < 4.78 is 7.46. The van der Waals surface area contributed by atoms with Crippen LogP contribution in [0, 0.1) is 0 Å². The number of imidazole rings is 1. The predicted molar refractivity (Wildman–Crippen MR) is 107 cm³/mol. The van der Waals surface area contributed by atoms with E-state index in [9.17, 15) is 5.11 Å². The number of hydrogen-bond acceptors (Lipinski definition) is 5. The molecule has 2 aromatic heterocycles. The number of benzene rings is 2. The lowest BCUT2D eigenvalue weighted by Gasteiger charge is -2.10. The van der Waals surface area contributed by atoms with Crippen molar-refractivity contribution in [1.82, 2.24) is 19.7 Å². The van der Waals surface area contributed by atoms with Crippen molar-refractivity contribution in [3.63, 3.8) is 0 Å². The van der Waals surface area contributed by atoms with Gasteiger partial charge in [0.1, 0.15) is 5.75 Å². The van der Waals surface area contributed by atoms with Gasteiger partial charge >= 0.3 is 0 Å². The second kappa shape index (κ2) is 7.68. The second-order valence-corrected chi connectivity index (χ2v) is 7.00. The molecule has 2 heterocycles. The molecular formula is C22H22N4O2. The molecule has 6 nitrogen and oxygen atoms in total. The lowest BCUT2D eigenvalue weighted by Crippen LogP contribution is -2.03. The van der Waals surface area contributed by atoms with Crippen molar-refractivity contribution in [1.29, 1.82) is 0 Å². The first-order chi connectivity index (χ1) is 13.6. The Balaban J connectivity index is 1.68. The smallest absolute Gasteiger partial charge is 0.228 e. The summed E-state index contributed by atoms with van der Waals surface area (Å²) in [6.07, 6.45) is 2.46. The van der Waals surface area contributed by atoms with Crippen molar-refractivity contribution in [2.75, 3.05) is 0 Å². The van der Waals surface area contributed by atoms with Crippen molar-refractivity contribution in [2.24, 2.45) is 0 Å². The summed E-state index contributed by atoms with van der Waals surface area (Å²) in [5, 5.41) is 13.7. The van der Waals surface area contributed by atoms with Crippen LogP contribution >= 0.6 is 0 Å². The molecule has 0 bridgehead atoms. The van der Waals surface area contributed by atoms with E-state index in [4.69, 9.17) is 4.52 Å². The predicted octanol–water partition coefficient (Wildman–Crippen LogP) is 4.67. The van der Waals surface area contributed by atoms with Crippen molar-refractivity contribution in [3.05, 3.63) is 72.6 Å². The second-order valence-electron chi connectivity index (χ2n) is 7.00. The van der Waals surface area contributed by atoms with Crippen LogP contribution in [0.4, 0.5) is 0 Å². The molecule has 0 saturated heterocycles. The van der Waals surface area contributed by atoms with Gasteiger partial charge in [0.15, 0.2) is 5.82 Å². The molecule has 4 rings (SSSR count). The zero-order valence-electron chi connectivity index (χ0n) is 15.9. The fourth-order valence-corrected chi connectivity index (χ4v) is 3.10. The maximum atomic E-state index is 9.66. The van der Waals surface area contributed by atoms with Crippen molar-refractivity contribution in [2.45, 2.75) is 32.7 Å². The number of nitrogens with zero attached hydrogens (tertiary/aromatic N) is 4. The first kappa shape index (κ1) is 18.0. The molecule has 0 aliphatic carbocycles. The zero-order valence-corrected chi connectivity index (χ0v) is 15.9. The van der Waals surface area contributed by atoms with Crippen LogP contribution in [0.25, 0.3) is 22.5 Å². The Labute approximate surface area is 163 Å². The first-order valence-electron chi connectivity index (χ1n) is 9.34. The highest BCUT2D eigenvalue weighted by molar-refractivity contribution is 5.78. The molecule has 0 aliphatic rings. The molecule has 0 unspecified atom stereocenters. The van der Waals surface area contributed by atoms with Crippen LogP contribution in [-0.4, -0.2) is 24.8 Å². The van der Waals surface area contributed by atoms with E-state index in [1.807, 2.05) is 62.6 Å². The lowest BCUT2D eigenvalue weighted by atomic mass is 10.0. The average molecular weight is 374 g/mol. The molecule has 1 N–H and O–H groups in total. The number of aromatic hydroxyl groups is 1. The molecule has 28 heavy (non-hydrogen) atoms. The molecule has 0 fully saturated rings. The fraction of sp³-hybridized carbons (Fsp3) is 0.227. The van der Waals surface area contributed by atoms with Gasteiger partial charge in [0.2, 0.25) is 5.89 Å². The van der Waals surface area contributed by atoms with Gasteiger partial charge in [-0.2, -0.15) is 4.98 Å². The quantitative estimate of drug-likeness (QED) is 0.531. The van der Waals surface area contributed by atoms with E-state index < -0.39 is 0 Å². The van der Waals surface area contributed by atoms with E-state index in [1.165, 1.54) is 0 Å². The SMILES string of the molecule is CC(C)c1noc(CCn2cnc(-c3ccccc3)c2-c2ccc(O)cc2)n1. The summed E-state index contributed by atoms with van der Waals surface area (Å²) in [7, 11) is 0. The fourth-order valence-electron chi connectivity index (χ4n) is 3.10. The van der Waals surface area contributed by atoms with E-state index in [1.54, 1.807) is 12.1 Å². The first-order valence-corrected chi connectivity index (χ1v) is 9.34. The third kappa shape index (κ3) is 3.67. The molecular weight excluding hydrogens is 352 g/mol. The van der Waals surface area contributed by atoms with Crippen molar-refractivity contribution >= 4 is 0 Å². The van der Waals surface area contributed by atoms with E-state index >= 15 is 0 Å². The van der Waals surface area contributed by atoms with Crippen LogP contribution in [0.5, 0.6) is 5.75 Å². The number of aryl methyl sites for hydroxylation is 2. The van der Waals surface area contributed by atoms with E-state index in [2.05, 4.69) is 19.7 Å². The minimum atomic E-state index is 0.239. The van der Waals surface area contributed by atoms with Gasteiger partial charge in [-0.25, -0.2) is 4.98 Å². The number of phenolic OH excluding ortho intramolecular Hbond substituents is 1. The maximum Gasteiger partial charge on any atom is 0.228 e. The van der Waals surface area contributed by atoms with Gasteiger partial charge in [-0.1, -0.05) is 49.3 Å². The van der Waals surface area contributed by atoms with Crippen LogP contribution in [0.2, 0.25) is 0 Å². The molecule has 2 aromatic carbocycles.